The van der Waals surface area contributed by atoms with Crippen molar-refractivity contribution in [1.82, 2.24) is 5.32 Å². The molecular weight excluding hydrogens is 350 g/mol. The summed E-state index contributed by atoms with van der Waals surface area (Å²) in [5, 5.41) is 8.11. The Labute approximate surface area is 157 Å². The van der Waals surface area contributed by atoms with Crippen molar-refractivity contribution >= 4 is 34.5 Å². The molecule has 0 spiro atoms. The maximum atomic E-state index is 12.3. The molecule has 1 fully saturated rings. The second kappa shape index (κ2) is 8.23. The molecule has 1 atom stereocenters. The van der Waals surface area contributed by atoms with Gasteiger partial charge in [0.1, 0.15) is 11.8 Å². The molecule has 2 amide bonds. The summed E-state index contributed by atoms with van der Waals surface area (Å²) in [5.41, 5.74) is 1.52. The minimum absolute atomic E-state index is 0.0759. The summed E-state index contributed by atoms with van der Waals surface area (Å²) in [5.74, 6) is 0.677. The van der Waals surface area contributed by atoms with Crippen LogP contribution in [0.2, 0.25) is 0 Å². The number of rotatable bonds is 7. The first-order chi connectivity index (χ1) is 12.6. The van der Waals surface area contributed by atoms with Crippen molar-refractivity contribution in [3.63, 3.8) is 0 Å². The molecule has 1 aromatic carbocycles. The fraction of sp³-hybridized carbons (Fsp3) is 0.368. The Hall–Kier alpha value is -2.54. The molecule has 2 N–H and O–H groups in total. The van der Waals surface area contributed by atoms with Crippen molar-refractivity contribution in [3.8, 4) is 5.75 Å². The Morgan fingerprint density at radius 1 is 1.38 bits per heavy atom. The van der Waals surface area contributed by atoms with E-state index in [9.17, 15) is 9.59 Å². The van der Waals surface area contributed by atoms with Crippen LogP contribution in [0.5, 0.6) is 5.75 Å². The van der Waals surface area contributed by atoms with Gasteiger partial charge >= 0.3 is 0 Å². The topological polar surface area (TPSA) is 70.7 Å². The highest BCUT2D eigenvalue weighted by Gasteiger charge is 2.25. The number of methoxy groups -OCH3 is 1. The summed E-state index contributed by atoms with van der Waals surface area (Å²) in [6.07, 6.45) is 1.41. The number of nitrogens with zero attached hydrogens (tertiary/aromatic N) is 1. The molecule has 1 aromatic heterocycles. The van der Waals surface area contributed by atoms with Crippen molar-refractivity contribution in [2.75, 3.05) is 23.9 Å². The van der Waals surface area contributed by atoms with Gasteiger partial charge in [-0.25, -0.2) is 0 Å². The predicted molar refractivity (Wildman–Crippen MR) is 104 cm³/mol. The Balaban J connectivity index is 1.66. The number of benzene rings is 1. The van der Waals surface area contributed by atoms with E-state index in [4.69, 9.17) is 4.74 Å². The summed E-state index contributed by atoms with van der Waals surface area (Å²) in [4.78, 5) is 27.2. The Morgan fingerprint density at radius 2 is 2.23 bits per heavy atom. The van der Waals surface area contributed by atoms with Crippen LogP contribution in [0.1, 0.15) is 24.6 Å². The summed E-state index contributed by atoms with van der Waals surface area (Å²) in [7, 11) is 1.59. The van der Waals surface area contributed by atoms with Crippen molar-refractivity contribution < 1.29 is 14.3 Å². The fourth-order valence-electron chi connectivity index (χ4n) is 2.95. The van der Waals surface area contributed by atoms with Crippen LogP contribution < -0.4 is 20.3 Å². The molecule has 138 valence electrons. The third kappa shape index (κ3) is 4.16. The first kappa shape index (κ1) is 18.3. The fourth-order valence-corrected chi connectivity index (χ4v) is 3.59. The lowest BCUT2D eigenvalue weighted by Crippen LogP contribution is -2.37. The van der Waals surface area contributed by atoms with Crippen molar-refractivity contribution in [1.29, 1.82) is 0 Å². The standard InChI is InChI=1S/C19H23N3O3S/c1-13(19(24)20-12-15-5-4-10-26-15)21-14-7-8-17(25-2)16(11-14)22-9-3-6-18(22)23/h4-5,7-8,10-11,13,21H,3,6,9,12H2,1-2H3,(H,20,24). The van der Waals surface area contributed by atoms with Gasteiger partial charge in [0.2, 0.25) is 11.8 Å². The maximum Gasteiger partial charge on any atom is 0.242 e. The van der Waals surface area contributed by atoms with Crippen molar-refractivity contribution in [2.24, 2.45) is 0 Å². The zero-order chi connectivity index (χ0) is 18.5. The number of thiophene rings is 1. The highest BCUT2D eigenvalue weighted by atomic mass is 32.1. The molecule has 2 aromatic rings. The van der Waals surface area contributed by atoms with Gasteiger partial charge in [0.25, 0.3) is 0 Å². The van der Waals surface area contributed by atoms with Gasteiger partial charge in [-0.05, 0) is 43.0 Å². The van der Waals surface area contributed by atoms with E-state index < -0.39 is 6.04 Å². The summed E-state index contributed by atoms with van der Waals surface area (Å²) in [6.45, 7) is 3.03. The lowest BCUT2D eigenvalue weighted by molar-refractivity contribution is -0.121. The van der Waals surface area contributed by atoms with E-state index in [0.29, 0.717) is 25.3 Å². The highest BCUT2D eigenvalue weighted by Crippen LogP contribution is 2.34. The van der Waals surface area contributed by atoms with Crippen LogP contribution in [0.15, 0.2) is 35.7 Å². The lowest BCUT2D eigenvalue weighted by Gasteiger charge is -2.21. The van der Waals surface area contributed by atoms with Crippen molar-refractivity contribution in [2.45, 2.75) is 32.4 Å². The van der Waals surface area contributed by atoms with E-state index in [0.717, 1.165) is 22.7 Å². The highest BCUT2D eigenvalue weighted by molar-refractivity contribution is 7.09. The summed E-state index contributed by atoms with van der Waals surface area (Å²) < 4.78 is 5.39. The summed E-state index contributed by atoms with van der Waals surface area (Å²) >= 11 is 1.61. The second-order valence-electron chi connectivity index (χ2n) is 6.20. The van der Waals surface area contributed by atoms with Crippen molar-refractivity contribution in [3.05, 3.63) is 40.6 Å². The second-order valence-corrected chi connectivity index (χ2v) is 7.23. The lowest BCUT2D eigenvalue weighted by atomic mass is 10.2. The van der Waals surface area contributed by atoms with E-state index in [-0.39, 0.29) is 11.8 Å². The number of hydrogen-bond donors (Lipinski definition) is 2. The molecule has 6 nitrogen and oxygen atoms in total. The van der Waals surface area contributed by atoms with Gasteiger partial charge in [-0.3, -0.25) is 9.59 Å². The number of hydrogen-bond acceptors (Lipinski definition) is 5. The van der Waals surface area contributed by atoms with E-state index >= 15 is 0 Å². The molecule has 0 bridgehead atoms. The van der Waals surface area contributed by atoms with E-state index in [2.05, 4.69) is 10.6 Å². The molecule has 1 unspecified atom stereocenters. The van der Waals surface area contributed by atoms with E-state index in [1.165, 1.54) is 0 Å². The molecule has 3 rings (SSSR count). The Morgan fingerprint density at radius 3 is 2.88 bits per heavy atom. The van der Waals surface area contributed by atoms with Crippen LogP contribution in [0.4, 0.5) is 11.4 Å². The zero-order valence-electron chi connectivity index (χ0n) is 15.0. The molecule has 1 aliphatic heterocycles. The average Bonchev–Trinajstić information content (AvgIpc) is 3.31. The van der Waals surface area contributed by atoms with E-state index in [1.54, 1.807) is 23.3 Å². The molecule has 1 aliphatic rings. The van der Waals surface area contributed by atoms with Gasteiger partial charge in [0.05, 0.1) is 19.3 Å². The van der Waals surface area contributed by atoms with Crippen LogP contribution in [-0.2, 0) is 16.1 Å². The number of nitrogens with one attached hydrogen (secondary N) is 2. The van der Waals surface area contributed by atoms with Crippen LogP contribution in [0, 0.1) is 0 Å². The number of carbonyl (C=O) groups is 2. The molecule has 2 heterocycles. The van der Waals surface area contributed by atoms with Gasteiger partial charge in [-0.1, -0.05) is 6.07 Å². The van der Waals surface area contributed by atoms with Gasteiger partial charge in [0.15, 0.2) is 0 Å². The predicted octanol–water partition coefficient (Wildman–Crippen LogP) is 3.00. The van der Waals surface area contributed by atoms with Crippen LogP contribution in [-0.4, -0.2) is 31.5 Å². The number of ether oxygens (including phenoxy) is 1. The zero-order valence-corrected chi connectivity index (χ0v) is 15.8. The Kier molecular flexibility index (Phi) is 5.78. The average molecular weight is 373 g/mol. The maximum absolute atomic E-state index is 12.3. The van der Waals surface area contributed by atoms with Gasteiger partial charge in [0, 0.05) is 23.5 Å². The molecule has 26 heavy (non-hydrogen) atoms. The van der Waals surface area contributed by atoms with Crippen LogP contribution >= 0.6 is 11.3 Å². The minimum Gasteiger partial charge on any atom is -0.495 e. The van der Waals surface area contributed by atoms with Gasteiger partial charge in [-0.2, -0.15) is 0 Å². The first-order valence-electron chi connectivity index (χ1n) is 8.63. The third-order valence-electron chi connectivity index (χ3n) is 4.34. The largest absolute Gasteiger partial charge is 0.495 e. The Bertz CT molecular complexity index is 776. The molecule has 7 heteroatoms. The SMILES string of the molecule is COc1ccc(NC(C)C(=O)NCc2cccs2)cc1N1CCCC1=O. The number of carbonyl (C=O) groups excluding carboxylic acids is 2. The normalized spacial score (nSPS) is 15.0. The number of anilines is 2. The number of amides is 2. The van der Waals surface area contributed by atoms with Gasteiger partial charge < -0.3 is 20.3 Å². The quantitative estimate of drug-likeness (QED) is 0.783. The monoisotopic (exact) mass is 373 g/mol. The molecule has 1 saturated heterocycles. The molecule has 0 radical (unpaired) electrons. The van der Waals surface area contributed by atoms with E-state index in [1.807, 2.05) is 42.6 Å². The molecule has 0 saturated carbocycles. The molecule has 0 aliphatic carbocycles. The van der Waals surface area contributed by atoms with Gasteiger partial charge in [-0.15, -0.1) is 11.3 Å². The van der Waals surface area contributed by atoms with Crippen LogP contribution in [0.25, 0.3) is 0 Å². The van der Waals surface area contributed by atoms with Crippen LogP contribution in [0.3, 0.4) is 0 Å². The molecular formula is C19H23N3O3S. The summed E-state index contributed by atoms with van der Waals surface area (Å²) in [6, 6.07) is 9.10. The third-order valence-corrected chi connectivity index (χ3v) is 5.21. The smallest absolute Gasteiger partial charge is 0.242 e. The first-order valence-corrected chi connectivity index (χ1v) is 9.51. The minimum atomic E-state index is -0.398.